The second-order valence-electron chi connectivity index (χ2n) is 15.2. The Hall–Kier alpha value is -2.85. The van der Waals surface area contributed by atoms with E-state index in [2.05, 4.69) is 55.5 Å². The molecule has 3 unspecified atom stereocenters. The maximum absolute atomic E-state index is 12.6. The van der Waals surface area contributed by atoms with Gasteiger partial charge in [0.15, 0.2) is 6.10 Å². The van der Waals surface area contributed by atoms with E-state index in [9.17, 15) is 24.2 Å². The van der Waals surface area contributed by atoms with Crippen molar-refractivity contribution >= 4 is 19.8 Å². The molecule has 0 aliphatic carbocycles. The molecule has 1 N–H and O–H groups in total. The van der Waals surface area contributed by atoms with Gasteiger partial charge in [0.25, 0.3) is 7.82 Å². The standard InChI is InChI=1S/C46H78NO9P/c1-6-8-9-10-11-12-13-18-22-25-28-31-34-37-45(49)53-41-44(42-55-57(51,52)54-40-39-47(3,4)5)56-46(50)38-35-32-29-26-23-20-17-15-14-16-19-21-24-27-30-33-36-43(48)7-2/h12-15,19-21,23,27,29-30,32-33,36,43-44,48H,6-11,16-18,22,24-26,28,31,34-35,37-42H2,1-5H3/b13-12-,15-14-,21-19-,23-20-,30-27-,32-29-,36-33+. The maximum atomic E-state index is 12.6. The molecule has 57 heavy (non-hydrogen) atoms. The average molecular weight is 820 g/mol. The minimum Gasteiger partial charge on any atom is -0.756 e. The highest BCUT2D eigenvalue weighted by Gasteiger charge is 2.21. The van der Waals surface area contributed by atoms with Gasteiger partial charge in [-0.3, -0.25) is 14.2 Å². The van der Waals surface area contributed by atoms with E-state index < -0.39 is 32.5 Å². The van der Waals surface area contributed by atoms with E-state index in [4.69, 9.17) is 18.5 Å². The van der Waals surface area contributed by atoms with Crippen LogP contribution in [0.15, 0.2) is 85.1 Å². The third kappa shape index (κ3) is 41.1. The first kappa shape index (κ1) is 54.2. The number of nitrogens with zero attached hydrogens (tertiary/aromatic N) is 1. The Morgan fingerprint density at radius 2 is 1.19 bits per heavy atom. The predicted molar refractivity (Wildman–Crippen MR) is 232 cm³/mol. The summed E-state index contributed by atoms with van der Waals surface area (Å²) in [4.78, 5) is 37.4. The van der Waals surface area contributed by atoms with Gasteiger partial charge in [-0.25, -0.2) is 0 Å². The summed E-state index contributed by atoms with van der Waals surface area (Å²) in [5, 5.41) is 9.47. The number of aliphatic hydroxyl groups excluding tert-OH is 1. The van der Waals surface area contributed by atoms with Crippen molar-refractivity contribution in [1.82, 2.24) is 0 Å². The third-order valence-corrected chi connectivity index (χ3v) is 9.53. The van der Waals surface area contributed by atoms with Gasteiger partial charge in [-0.2, -0.15) is 0 Å². The number of carbonyl (C=O) groups is 2. The van der Waals surface area contributed by atoms with Crippen LogP contribution in [0.4, 0.5) is 0 Å². The summed E-state index contributed by atoms with van der Waals surface area (Å²) in [5.74, 6) is -0.968. The fraction of sp³-hybridized carbons (Fsp3) is 0.652. The SMILES string of the molecule is CCCCCC/C=C\CCCCCCCC(=O)OCC(COP(=O)([O-])OCC[N+](C)(C)C)OC(=O)CC/C=C\C/C=C\C/C=C\C/C=C\C/C=C\C=C\C(O)CC. The number of allylic oxidation sites excluding steroid dienone is 13. The smallest absolute Gasteiger partial charge is 0.306 e. The summed E-state index contributed by atoms with van der Waals surface area (Å²) in [7, 11) is 1.08. The van der Waals surface area contributed by atoms with Crippen molar-refractivity contribution in [2.45, 2.75) is 148 Å². The molecule has 0 saturated carbocycles. The fourth-order valence-electron chi connectivity index (χ4n) is 5.04. The summed E-state index contributed by atoms with van der Waals surface area (Å²) in [6.07, 6.45) is 44.3. The van der Waals surface area contributed by atoms with Crippen LogP contribution in [0, 0.1) is 0 Å². The number of phosphoric acid groups is 1. The van der Waals surface area contributed by atoms with Crippen LogP contribution in [0.25, 0.3) is 0 Å². The minimum atomic E-state index is -4.66. The Morgan fingerprint density at radius 3 is 1.79 bits per heavy atom. The molecule has 0 aromatic heterocycles. The predicted octanol–water partition coefficient (Wildman–Crippen LogP) is 10.4. The highest BCUT2D eigenvalue weighted by Crippen LogP contribution is 2.38. The fourth-order valence-corrected chi connectivity index (χ4v) is 5.76. The number of hydrogen-bond donors (Lipinski definition) is 1. The van der Waals surface area contributed by atoms with Crippen LogP contribution in [0.5, 0.6) is 0 Å². The zero-order chi connectivity index (χ0) is 42.3. The number of quaternary nitrogens is 1. The molecule has 10 nitrogen and oxygen atoms in total. The number of aliphatic hydroxyl groups is 1. The van der Waals surface area contributed by atoms with Crippen LogP contribution in [0.1, 0.15) is 136 Å². The van der Waals surface area contributed by atoms with Crippen molar-refractivity contribution in [2.75, 3.05) is 47.5 Å². The highest BCUT2D eigenvalue weighted by molar-refractivity contribution is 7.45. The molecule has 0 radical (unpaired) electrons. The van der Waals surface area contributed by atoms with Crippen molar-refractivity contribution in [3.05, 3.63) is 85.1 Å². The summed E-state index contributed by atoms with van der Waals surface area (Å²) in [5.41, 5.74) is 0. The summed E-state index contributed by atoms with van der Waals surface area (Å²) < 4.78 is 33.7. The number of rotatable bonds is 37. The Kier molecular flexibility index (Phi) is 35.6. The molecular weight excluding hydrogens is 741 g/mol. The van der Waals surface area contributed by atoms with Gasteiger partial charge in [0, 0.05) is 12.8 Å². The second kappa shape index (κ2) is 37.4. The van der Waals surface area contributed by atoms with E-state index in [1.54, 1.807) is 6.08 Å². The van der Waals surface area contributed by atoms with E-state index >= 15 is 0 Å². The van der Waals surface area contributed by atoms with Crippen LogP contribution in [-0.4, -0.2) is 81.2 Å². The van der Waals surface area contributed by atoms with Gasteiger partial charge in [-0.1, -0.05) is 137 Å². The molecule has 0 heterocycles. The van der Waals surface area contributed by atoms with Gasteiger partial charge >= 0.3 is 11.9 Å². The lowest BCUT2D eigenvalue weighted by atomic mass is 10.1. The van der Waals surface area contributed by atoms with Crippen molar-refractivity contribution in [3.8, 4) is 0 Å². The monoisotopic (exact) mass is 820 g/mol. The lowest BCUT2D eigenvalue weighted by molar-refractivity contribution is -0.870. The molecule has 0 aromatic rings. The Morgan fingerprint density at radius 1 is 0.649 bits per heavy atom. The Labute approximate surface area is 346 Å². The molecule has 0 aliphatic rings. The molecule has 0 aromatic carbocycles. The number of carbonyl (C=O) groups excluding carboxylic acids is 2. The van der Waals surface area contributed by atoms with Crippen molar-refractivity contribution in [3.63, 3.8) is 0 Å². The lowest BCUT2D eigenvalue weighted by Crippen LogP contribution is -2.37. The number of likely N-dealkylation sites (N-methyl/N-ethyl adjacent to an activating group) is 1. The van der Waals surface area contributed by atoms with Crippen LogP contribution < -0.4 is 4.89 Å². The molecule has 0 fully saturated rings. The molecule has 0 bridgehead atoms. The molecule has 0 rings (SSSR count). The van der Waals surface area contributed by atoms with Gasteiger partial charge in [-0.15, -0.1) is 0 Å². The normalized spacial score (nSPS) is 15.0. The van der Waals surface area contributed by atoms with E-state index in [1.807, 2.05) is 58.4 Å². The average Bonchev–Trinajstić information content (AvgIpc) is 3.16. The minimum absolute atomic E-state index is 0.0557. The number of unbranched alkanes of at least 4 members (excludes halogenated alkanes) is 9. The zero-order valence-electron chi connectivity index (χ0n) is 36.1. The van der Waals surface area contributed by atoms with Gasteiger partial charge in [0.05, 0.1) is 33.9 Å². The summed E-state index contributed by atoms with van der Waals surface area (Å²) in [6.45, 7) is 3.75. The largest absolute Gasteiger partial charge is 0.756 e. The van der Waals surface area contributed by atoms with Gasteiger partial charge in [0.1, 0.15) is 19.8 Å². The topological polar surface area (TPSA) is 131 Å². The van der Waals surface area contributed by atoms with Crippen molar-refractivity contribution in [1.29, 1.82) is 0 Å². The van der Waals surface area contributed by atoms with Gasteiger partial charge in [-0.05, 0) is 70.6 Å². The first-order valence-electron chi connectivity index (χ1n) is 21.4. The quantitative estimate of drug-likeness (QED) is 0.0162. The molecule has 0 spiro atoms. The molecule has 11 heteroatoms. The van der Waals surface area contributed by atoms with E-state index in [-0.39, 0.29) is 32.2 Å². The van der Waals surface area contributed by atoms with E-state index in [1.165, 1.54) is 25.7 Å². The van der Waals surface area contributed by atoms with Crippen molar-refractivity contribution < 1.29 is 47.2 Å². The number of hydrogen-bond acceptors (Lipinski definition) is 9. The van der Waals surface area contributed by atoms with E-state index in [0.717, 1.165) is 70.6 Å². The lowest BCUT2D eigenvalue weighted by Gasteiger charge is -2.28. The molecule has 3 atom stereocenters. The Bertz CT molecular complexity index is 1260. The van der Waals surface area contributed by atoms with Crippen LogP contribution in [0.2, 0.25) is 0 Å². The third-order valence-electron chi connectivity index (χ3n) is 8.57. The van der Waals surface area contributed by atoms with Crippen molar-refractivity contribution in [2.24, 2.45) is 0 Å². The van der Waals surface area contributed by atoms with Crippen LogP contribution >= 0.6 is 7.82 Å². The summed E-state index contributed by atoms with van der Waals surface area (Å²) >= 11 is 0. The maximum Gasteiger partial charge on any atom is 0.306 e. The van der Waals surface area contributed by atoms with Crippen LogP contribution in [0.3, 0.4) is 0 Å². The first-order chi connectivity index (χ1) is 27.4. The van der Waals surface area contributed by atoms with Crippen LogP contribution in [-0.2, 0) is 32.7 Å². The Balaban J connectivity index is 4.56. The number of esters is 2. The molecule has 326 valence electrons. The molecule has 0 amide bonds. The molecular formula is C46H78NO9P. The first-order valence-corrected chi connectivity index (χ1v) is 22.9. The molecule has 0 saturated heterocycles. The van der Waals surface area contributed by atoms with Gasteiger partial charge in [0.2, 0.25) is 0 Å². The second-order valence-corrected chi connectivity index (χ2v) is 16.6. The van der Waals surface area contributed by atoms with Gasteiger partial charge < -0.3 is 33.0 Å². The highest BCUT2D eigenvalue weighted by atomic mass is 31.2. The molecule has 0 aliphatic heterocycles. The zero-order valence-corrected chi connectivity index (χ0v) is 37.0. The summed E-state index contributed by atoms with van der Waals surface area (Å²) in [6, 6.07) is 0. The number of phosphoric ester groups is 1. The number of ether oxygens (including phenoxy) is 2. The van der Waals surface area contributed by atoms with E-state index in [0.29, 0.717) is 23.9 Å².